The van der Waals surface area contributed by atoms with Crippen molar-refractivity contribution in [1.29, 1.82) is 0 Å². The minimum Gasteiger partial charge on any atom is -0.462 e. The molecule has 140 valence electrons. The van der Waals surface area contributed by atoms with Crippen LogP contribution in [0.4, 0.5) is 10.5 Å². The molecule has 0 atom stereocenters. The summed E-state index contributed by atoms with van der Waals surface area (Å²) >= 11 is 0. The highest BCUT2D eigenvalue weighted by Crippen LogP contribution is 2.59. The number of anilines is 1. The predicted molar refractivity (Wildman–Crippen MR) is 100 cm³/mol. The number of benzene rings is 1. The maximum atomic E-state index is 12.5. The second kappa shape index (κ2) is 6.93. The second-order valence-corrected chi connectivity index (χ2v) is 8.49. The zero-order chi connectivity index (χ0) is 18.1. The van der Waals surface area contributed by atoms with Crippen molar-refractivity contribution in [1.82, 2.24) is 5.32 Å². The van der Waals surface area contributed by atoms with Crippen molar-refractivity contribution in [3.8, 4) is 0 Å². The summed E-state index contributed by atoms with van der Waals surface area (Å²) in [5, 5.41) is 5.92. The first kappa shape index (κ1) is 17.4. The van der Waals surface area contributed by atoms with E-state index in [0.717, 1.165) is 24.3 Å². The van der Waals surface area contributed by atoms with Gasteiger partial charge >= 0.3 is 12.0 Å². The Bertz CT molecular complexity index is 665. The summed E-state index contributed by atoms with van der Waals surface area (Å²) in [5.74, 6) is 2.20. The van der Waals surface area contributed by atoms with Crippen molar-refractivity contribution in [3.63, 3.8) is 0 Å². The summed E-state index contributed by atoms with van der Waals surface area (Å²) in [5.41, 5.74) is 1.18. The third-order valence-corrected chi connectivity index (χ3v) is 6.46. The van der Waals surface area contributed by atoms with Crippen molar-refractivity contribution < 1.29 is 14.3 Å². The third-order valence-electron chi connectivity index (χ3n) is 6.46. The van der Waals surface area contributed by atoms with Gasteiger partial charge in [-0.3, -0.25) is 0 Å². The molecule has 5 rings (SSSR count). The van der Waals surface area contributed by atoms with Gasteiger partial charge < -0.3 is 15.4 Å². The minimum absolute atomic E-state index is 0.238. The summed E-state index contributed by atoms with van der Waals surface area (Å²) in [6.45, 7) is 2.82. The van der Waals surface area contributed by atoms with E-state index in [9.17, 15) is 9.59 Å². The highest BCUT2D eigenvalue weighted by Gasteiger charge is 2.50. The number of ether oxygens (including phenoxy) is 1. The molecule has 0 saturated heterocycles. The molecule has 26 heavy (non-hydrogen) atoms. The fourth-order valence-corrected chi connectivity index (χ4v) is 5.92. The zero-order valence-corrected chi connectivity index (χ0v) is 15.4. The number of nitrogens with one attached hydrogen (secondary N) is 2. The van der Waals surface area contributed by atoms with Gasteiger partial charge in [-0.1, -0.05) is 12.1 Å². The molecule has 0 aromatic heterocycles. The van der Waals surface area contributed by atoms with Gasteiger partial charge in [-0.25, -0.2) is 9.59 Å². The summed E-state index contributed by atoms with van der Waals surface area (Å²) < 4.78 is 5.06. The van der Waals surface area contributed by atoms with Crippen LogP contribution in [-0.4, -0.2) is 25.2 Å². The fourth-order valence-electron chi connectivity index (χ4n) is 5.92. The molecule has 4 saturated carbocycles. The Morgan fingerprint density at radius 3 is 2.31 bits per heavy atom. The lowest BCUT2D eigenvalue weighted by Gasteiger charge is -2.56. The average Bonchev–Trinajstić information content (AvgIpc) is 2.60. The van der Waals surface area contributed by atoms with Crippen LogP contribution in [0.25, 0.3) is 0 Å². The van der Waals surface area contributed by atoms with Crippen LogP contribution >= 0.6 is 0 Å². The molecule has 4 fully saturated rings. The Balaban J connectivity index is 1.37. The molecule has 0 spiro atoms. The van der Waals surface area contributed by atoms with Crippen molar-refractivity contribution in [2.75, 3.05) is 18.5 Å². The highest BCUT2D eigenvalue weighted by atomic mass is 16.5. The van der Waals surface area contributed by atoms with E-state index >= 15 is 0 Å². The Labute approximate surface area is 154 Å². The maximum absolute atomic E-state index is 12.5. The van der Waals surface area contributed by atoms with Crippen LogP contribution in [-0.2, 0) is 4.74 Å². The molecular weight excluding hydrogens is 328 g/mol. The number of carbonyl (C=O) groups is 2. The summed E-state index contributed by atoms with van der Waals surface area (Å²) in [7, 11) is 0. The van der Waals surface area contributed by atoms with E-state index in [4.69, 9.17) is 4.74 Å². The van der Waals surface area contributed by atoms with Gasteiger partial charge in [0.2, 0.25) is 0 Å². The molecular formula is C21H28N2O3. The fraction of sp³-hybridized carbons (Fsp3) is 0.619. The van der Waals surface area contributed by atoms with Gasteiger partial charge in [-0.05, 0) is 80.8 Å². The van der Waals surface area contributed by atoms with Crippen LogP contribution in [0.2, 0.25) is 0 Å². The lowest BCUT2D eigenvalue weighted by Crippen LogP contribution is -2.51. The van der Waals surface area contributed by atoms with E-state index < -0.39 is 5.97 Å². The van der Waals surface area contributed by atoms with E-state index in [-0.39, 0.29) is 6.03 Å². The standard InChI is InChI=1S/C21H28N2O3/c1-2-26-19(24)17-5-3-4-6-18(17)23-20(25)22-13-21-10-14-7-15(11-21)9-16(8-14)12-21/h3-6,14-16H,2,7-13H2,1H3,(H2,22,23,25). The lowest BCUT2D eigenvalue weighted by molar-refractivity contribution is -0.0496. The van der Waals surface area contributed by atoms with Gasteiger partial charge in [0.25, 0.3) is 0 Å². The van der Waals surface area contributed by atoms with Crippen LogP contribution < -0.4 is 10.6 Å². The molecule has 4 bridgehead atoms. The summed E-state index contributed by atoms with van der Waals surface area (Å²) in [4.78, 5) is 24.5. The van der Waals surface area contributed by atoms with Gasteiger partial charge in [0, 0.05) is 6.54 Å². The van der Waals surface area contributed by atoms with Crippen molar-refractivity contribution in [2.24, 2.45) is 23.2 Å². The highest BCUT2D eigenvalue weighted by molar-refractivity contribution is 6.00. The van der Waals surface area contributed by atoms with Gasteiger partial charge in [-0.15, -0.1) is 0 Å². The minimum atomic E-state index is -0.413. The molecule has 1 aromatic carbocycles. The molecule has 4 aliphatic rings. The van der Waals surface area contributed by atoms with E-state index in [0.29, 0.717) is 23.3 Å². The number of esters is 1. The monoisotopic (exact) mass is 356 g/mol. The molecule has 1 aromatic rings. The third kappa shape index (κ3) is 3.44. The Morgan fingerprint density at radius 1 is 1.08 bits per heavy atom. The smallest absolute Gasteiger partial charge is 0.340 e. The lowest BCUT2D eigenvalue weighted by atomic mass is 9.49. The first-order valence-corrected chi connectivity index (χ1v) is 9.88. The number of carbonyl (C=O) groups excluding carboxylic acids is 2. The number of amides is 2. The SMILES string of the molecule is CCOC(=O)c1ccccc1NC(=O)NCC12CC3CC(CC(C3)C1)C2. The van der Waals surface area contributed by atoms with Gasteiger partial charge in [0.05, 0.1) is 17.9 Å². The van der Waals surface area contributed by atoms with Crippen LogP contribution in [0.1, 0.15) is 55.8 Å². The molecule has 4 aliphatic carbocycles. The predicted octanol–water partition coefficient (Wildman–Crippen LogP) is 4.20. The number of para-hydroxylation sites is 1. The molecule has 2 N–H and O–H groups in total. The summed E-state index contributed by atoms with van der Waals surface area (Å²) in [6, 6.07) is 6.74. The Hall–Kier alpha value is -2.04. The number of hydrogen-bond acceptors (Lipinski definition) is 3. The molecule has 0 unspecified atom stereocenters. The van der Waals surface area contributed by atoms with Crippen LogP contribution in [0, 0.1) is 23.2 Å². The number of urea groups is 1. The van der Waals surface area contributed by atoms with Gasteiger partial charge in [0.1, 0.15) is 0 Å². The quantitative estimate of drug-likeness (QED) is 0.777. The van der Waals surface area contributed by atoms with E-state index in [1.807, 2.05) is 0 Å². The molecule has 5 nitrogen and oxygen atoms in total. The van der Waals surface area contributed by atoms with E-state index in [1.165, 1.54) is 38.5 Å². The number of rotatable bonds is 5. The Kier molecular flexibility index (Phi) is 4.63. The Morgan fingerprint density at radius 2 is 1.69 bits per heavy atom. The average molecular weight is 356 g/mol. The molecule has 0 aliphatic heterocycles. The molecule has 0 heterocycles. The zero-order valence-electron chi connectivity index (χ0n) is 15.4. The largest absolute Gasteiger partial charge is 0.462 e. The first-order valence-electron chi connectivity index (χ1n) is 9.88. The topological polar surface area (TPSA) is 67.4 Å². The first-order chi connectivity index (χ1) is 12.6. The second-order valence-electron chi connectivity index (χ2n) is 8.49. The normalized spacial score (nSPS) is 31.5. The van der Waals surface area contributed by atoms with Gasteiger partial charge in [0.15, 0.2) is 0 Å². The molecule has 5 heteroatoms. The van der Waals surface area contributed by atoms with Crippen LogP contribution in [0.3, 0.4) is 0 Å². The van der Waals surface area contributed by atoms with Crippen LogP contribution in [0.15, 0.2) is 24.3 Å². The molecule has 2 amide bonds. The van der Waals surface area contributed by atoms with Crippen molar-refractivity contribution in [2.45, 2.75) is 45.4 Å². The van der Waals surface area contributed by atoms with Gasteiger partial charge in [-0.2, -0.15) is 0 Å². The van der Waals surface area contributed by atoms with E-state index in [2.05, 4.69) is 10.6 Å². The maximum Gasteiger partial charge on any atom is 0.340 e. The van der Waals surface area contributed by atoms with Crippen molar-refractivity contribution in [3.05, 3.63) is 29.8 Å². The van der Waals surface area contributed by atoms with Crippen LogP contribution in [0.5, 0.6) is 0 Å². The molecule has 0 radical (unpaired) electrons. The summed E-state index contributed by atoms with van der Waals surface area (Å²) in [6.07, 6.45) is 7.99. The van der Waals surface area contributed by atoms with E-state index in [1.54, 1.807) is 31.2 Å². The number of hydrogen-bond donors (Lipinski definition) is 2. The van der Waals surface area contributed by atoms with Crippen molar-refractivity contribution >= 4 is 17.7 Å².